The van der Waals surface area contributed by atoms with E-state index in [2.05, 4.69) is 15.0 Å². The van der Waals surface area contributed by atoms with Gasteiger partial charge in [0.15, 0.2) is 6.04 Å². The highest BCUT2D eigenvalue weighted by atomic mass is 16.5. The summed E-state index contributed by atoms with van der Waals surface area (Å²) in [5, 5.41) is 2.45. The van der Waals surface area contributed by atoms with Crippen LogP contribution < -0.4 is 5.32 Å². The van der Waals surface area contributed by atoms with Gasteiger partial charge in [0, 0.05) is 6.54 Å². The molecule has 1 unspecified atom stereocenters. The largest absolute Gasteiger partial charge is 0.475 e. The normalized spacial score (nSPS) is 19.5. The first-order valence-electron chi connectivity index (χ1n) is 4.40. The minimum Gasteiger partial charge on any atom is -0.475 e. The van der Waals surface area contributed by atoms with E-state index in [-0.39, 0.29) is 6.61 Å². The molecule has 0 radical (unpaired) electrons. The summed E-state index contributed by atoms with van der Waals surface area (Å²) in [5.41, 5.74) is 0. The van der Waals surface area contributed by atoms with Gasteiger partial charge >= 0.3 is 5.97 Å². The Hall–Kier alpha value is -1.85. The quantitative estimate of drug-likeness (QED) is 0.370. The second-order valence-electron chi connectivity index (χ2n) is 2.75. The summed E-state index contributed by atoms with van der Waals surface area (Å²) in [6.45, 7) is 0.599. The van der Waals surface area contributed by atoms with Crippen molar-refractivity contribution in [2.45, 2.75) is 6.04 Å². The van der Waals surface area contributed by atoms with Crippen molar-refractivity contribution in [3.8, 4) is 0 Å². The highest BCUT2D eigenvalue weighted by Gasteiger charge is 2.25. The fraction of sp³-hybridized carbons (Fsp3) is 0.444. The molecule has 0 saturated carbocycles. The van der Waals surface area contributed by atoms with E-state index in [1.165, 1.54) is 7.11 Å². The summed E-state index contributed by atoms with van der Waals surface area (Å²) >= 11 is 0. The van der Waals surface area contributed by atoms with E-state index in [0.717, 1.165) is 0 Å². The minimum absolute atomic E-state index is 0.202. The Morgan fingerprint density at radius 2 is 2.60 bits per heavy atom. The zero-order valence-corrected chi connectivity index (χ0v) is 8.30. The molecule has 0 fully saturated rings. The lowest BCUT2D eigenvalue weighted by atomic mass is 10.3. The summed E-state index contributed by atoms with van der Waals surface area (Å²) in [4.78, 5) is 24.9. The number of hydrogen-bond donors (Lipinski definition) is 1. The zero-order chi connectivity index (χ0) is 11.1. The predicted octanol–water partition coefficient (Wildman–Crippen LogP) is -0.741. The van der Waals surface area contributed by atoms with Crippen molar-refractivity contribution in [3.05, 3.63) is 12.2 Å². The first-order valence-corrected chi connectivity index (χ1v) is 4.40. The number of amides is 1. The van der Waals surface area contributed by atoms with Gasteiger partial charge in [-0.2, -0.15) is 0 Å². The molecule has 0 spiro atoms. The summed E-state index contributed by atoms with van der Waals surface area (Å²) < 4.78 is 9.63. The predicted molar refractivity (Wildman–Crippen MR) is 52.4 cm³/mol. The highest BCUT2D eigenvalue weighted by molar-refractivity contribution is 5.92. The Balaban J connectivity index is 2.41. The molecule has 6 nitrogen and oxygen atoms in total. The van der Waals surface area contributed by atoms with Crippen LogP contribution >= 0.6 is 0 Å². The monoisotopic (exact) mass is 212 g/mol. The minimum atomic E-state index is -0.575. The van der Waals surface area contributed by atoms with Gasteiger partial charge in [-0.15, -0.1) is 0 Å². The standard InChI is InChI=1S/C9H12N2O4/c1-14-9(13)7-5-15-8(11-7)3-2-4-10-6-12/h2-3,6-7H,4-5H2,1H3,(H,10,12)/b3-2+. The molecule has 1 heterocycles. The van der Waals surface area contributed by atoms with Crippen molar-refractivity contribution in [2.75, 3.05) is 20.3 Å². The molecular formula is C9H12N2O4. The molecule has 1 aliphatic rings. The van der Waals surface area contributed by atoms with Crippen LogP contribution in [0.2, 0.25) is 0 Å². The molecule has 0 saturated heterocycles. The Morgan fingerprint density at radius 1 is 1.80 bits per heavy atom. The number of carbonyl (C=O) groups excluding carboxylic acids is 2. The Bertz CT molecular complexity index is 298. The van der Waals surface area contributed by atoms with Gasteiger partial charge in [-0.05, 0) is 6.08 Å². The van der Waals surface area contributed by atoms with Crippen molar-refractivity contribution in [1.82, 2.24) is 5.32 Å². The number of nitrogens with one attached hydrogen (secondary N) is 1. The van der Waals surface area contributed by atoms with E-state index >= 15 is 0 Å². The third-order valence-electron chi connectivity index (χ3n) is 1.72. The van der Waals surface area contributed by atoms with Gasteiger partial charge in [0.1, 0.15) is 6.61 Å². The Labute approximate surface area is 87.0 Å². The molecule has 1 atom stereocenters. The molecule has 1 N–H and O–H groups in total. The third-order valence-corrected chi connectivity index (χ3v) is 1.72. The van der Waals surface area contributed by atoms with Crippen LogP contribution in [0.3, 0.4) is 0 Å². The van der Waals surface area contributed by atoms with Gasteiger partial charge in [-0.25, -0.2) is 9.79 Å². The lowest BCUT2D eigenvalue weighted by molar-refractivity contribution is -0.142. The molecule has 6 heteroatoms. The van der Waals surface area contributed by atoms with E-state index in [1.807, 2.05) is 0 Å². The molecule has 0 aromatic carbocycles. The molecule has 0 aromatic heterocycles. The molecule has 0 aromatic rings. The molecule has 1 rings (SSSR count). The smallest absolute Gasteiger partial charge is 0.334 e. The SMILES string of the molecule is COC(=O)C1COC(/C=C/CNC=O)=N1. The van der Waals surface area contributed by atoms with E-state index in [0.29, 0.717) is 18.9 Å². The number of rotatable bonds is 5. The van der Waals surface area contributed by atoms with Crippen LogP contribution in [0.5, 0.6) is 0 Å². The zero-order valence-electron chi connectivity index (χ0n) is 8.30. The van der Waals surface area contributed by atoms with Crippen molar-refractivity contribution < 1.29 is 19.1 Å². The Kier molecular flexibility index (Phi) is 4.33. The molecule has 82 valence electrons. The fourth-order valence-electron chi connectivity index (χ4n) is 1.02. The molecule has 1 aliphatic heterocycles. The summed E-state index contributed by atoms with van der Waals surface area (Å²) in [6, 6.07) is -0.575. The maximum Gasteiger partial charge on any atom is 0.334 e. The lowest BCUT2D eigenvalue weighted by Gasteiger charge is -1.99. The van der Waals surface area contributed by atoms with Crippen molar-refractivity contribution in [1.29, 1.82) is 0 Å². The van der Waals surface area contributed by atoms with Crippen molar-refractivity contribution >= 4 is 18.3 Å². The number of aliphatic imine (C=N–C) groups is 1. The average molecular weight is 212 g/mol. The maximum atomic E-state index is 11.0. The summed E-state index contributed by atoms with van der Waals surface area (Å²) in [5.74, 6) is -0.0393. The molecule has 0 aliphatic carbocycles. The van der Waals surface area contributed by atoms with Crippen LogP contribution in [-0.2, 0) is 19.1 Å². The first kappa shape index (κ1) is 11.2. The third kappa shape index (κ3) is 3.41. The van der Waals surface area contributed by atoms with Crippen molar-refractivity contribution in [3.63, 3.8) is 0 Å². The maximum absolute atomic E-state index is 11.0. The Morgan fingerprint density at radius 3 is 3.27 bits per heavy atom. The fourth-order valence-corrected chi connectivity index (χ4v) is 1.02. The van der Waals surface area contributed by atoms with E-state index < -0.39 is 12.0 Å². The van der Waals surface area contributed by atoms with Crippen LogP contribution in [0, 0.1) is 0 Å². The number of methoxy groups -OCH3 is 1. The summed E-state index contributed by atoms with van der Waals surface area (Å²) in [6.07, 6.45) is 3.87. The highest BCUT2D eigenvalue weighted by Crippen LogP contribution is 2.06. The summed E-state index contributed by atoms with van der Waals surface area (Å²) in [7, 11) is 1.31. The average Bonchev–Trinajstić information content (AvgIpc) is 2.72. The number of nitrogens with zero attached hydrogens (tertiary/aromatic N) is 1. The number of esters is 1. The second-order valence-corrected chi connectivity index (χ2v) is 2.75. The molecular weight excluding hydrogens is 200 g/mol. The van der Waals surface area contributed by atoms with E-state index in [9.17, 15) is 9.59 Å². The van der Waals surface area contributed by atoms with Crippen LogP contribution in [0.15, 0.2) is 17.1 Å². The van der Waals surface area contributed by atoms with E-state index in [1.54, 1.807) is 12.2 Å². The first-order chi connectivity index (χ1) is 7.27. The van der Waals surface area contributed by atoms with Gasteiger partial charge in [0.25, 0.3) is 0 Å². The second kappa shape index (κ2) is 5.79. The van der Waals surface area contributed by atoms with Gasteiger partial charge < -0.3 is 14.8 Å². The molecule has 0 bridgehead atoms. The van der Waals surface area contributed by atoms with Crippen LogP contribution in [0.4, 0.5) is 0 Å². The van der Waals surface area contributed by atoms with Gasteiger partial charge in [0.2, 0.25) is 12.3 Å². The van der Waals surface area contributed by atoms with Crippen LogP contribution in [0.25, 0.3) is 0 Å². The van der Waals surface area contributed by atoms with Crippen LogP contribution in [-0.4, -0.2) is 44.6 Å². The number of hydrogen-bond acceptors (Lipinski definition) is 5. The number of ether oxygens (including phenoxy) is 2. The van der Waals surface area contributed by atoms with Crippen molar-refractivity contribution in [2.24, 2.45) is 4.99 Å². The topological polar surface area (TPSA) is 77.0 Å². The number of carbonyl (C=O) groups is 2. The van der Waals surface area contributed by atoms with Gasteiger partial charge in [-0.1, -0.05) is 6.08 Å². The van der Waals surface area contributed by atoms with Crippen LogP contribution in [0.1, 0.15) is 0 Å². The van der Waals surface area contributed by atoms with E-state index in [4.69, 9.17) is 4.74 Å². The molecule has 1 amide bonds. The van der Waals surface area contributed by atoms with Gasteiger partial charge in [-0.3, -0.25) is 4.79 Å². The molecule has 15 heavy (non-hydrogen) atoms. The lowest BCUT2D eigenvalue weighted by Crippen LogP contribution is -2.21. The van der Waals surface area contributed by atoms with Gasteiger partial charge in [0.05, 0.1) is 7.11 Å².